The van der Waals surface area contributed by atoms with E-state index in [4.69, 9.17) is 15.0 Å². The summed E-state index contributed by atoms with van der Waals surface area (Å²) in [4.78, 5) is 32.2. The Morgan fingerprint density at radius 2 is 1.95 bits per heavy atom. The van der Waals surface area contributed by atoms with Crippen LogP contribution in [0.5, 0.6) is 5.75 Å². The molecule has 4 aromatic rings. The molecule has 5 rings (SSSR count). The Balaban J connectivity index is 1.33. The fraction of sp³-hybridized carbons (Fsp3) is 0.231. The molecule has 11 nitrogen and oxygen atoms in total. The lowest BCUT2D eigenvalue weighted by Gasteiger charge is -2.40. The molecule has 2 amide bonds. The number of alkyl halides is 3. The van der Waals surface area contributed by atoms with E-state index in [9.17, 15) is 27.9 Å². The number of nitrogens with zero attached hydrogens (tertiary/aromatic N) is 3. The molecule has 2 aromatic heterocycles. The van der Waals surface area contributed by atoms with Crippen molar-refractivity contribution in [1.82, 2.24) is 10.1 Å². The van der Waals surface area contributed by atoms with Gasteiger partial charge in [-0.2, -0.15) is 0 Å². The number of nitrogens with one attached hydrogen (secondary N) is 1. The van der Waals surface area contributed by atoms with E-state index in [0.29, 0.717) is 22.2 Å². The van der Waals surface area contributed by atoms with Crippen LogP contribution in [0.25, 0.3) is 22.2 Å². The number of carbonyl (C=O) groups excluding carboxylic acids is 2. The van der Waals surface area contributed by atoms with Gasteiger partial charge in [0, 0.05) is 17.3 Å². The van der Waals surface area contributed by atoms with Crippen molar-refractivity contribution >= 4 is 40.1 Å². The van der Waals surface area contributed by atoms with Crippen LogP contribution in [0.4, 0.5) is 30.5 Å². The topological polar surface area (TPSA) is 153 Å². The normalized spacial score (nSPS) is 18.5. The summed E-state index contributed by atoms with van der Waals surface area (Å²) in [7, 11) is 0. The molecule has 1 saturated heterocycles. The van der Waals surface area contributed by atoms with E-state index in [0.717, 1.165) is 12.1 Å². The van der Waals surface area contributed by atoms with Crippen molar-refractivity contribution in [3.05, 3.63) is 60.7 Å². The lowest BCUT2D eigenvalue weighted by atomic mass is 9.94. The van der Waals surface area contributed by atoms with Crippen LogP contribution in [0.3, 0.4) is 0 Å². The average molecular weight is 557 g/mol. The number of aliphatic hydroxyl groups excluding tert-OH is 1. The third kappa shape index (κ3) is 5.26. The molecule has 3 heterocycles. The van der Waals surface area contributed by atoms with Gasteiger partial charge >= 0.3 is 6.36 Å². The Hall–Kier alpha value is -4.69. The summed E-state index contributed by atoms with van der Waals surface area (Å²) in [6, 6.07) is 14.5. The van der Waals surface area contributed by atoms with Crippen molar-refractivity contribution in [3.8, 4) is 17.0 Å². The van der Waals surface area contributed by atoms with Gasteiger partial charge in [-0.1, -0.05) is 11.2 Å². The number of amides is 2. The third-order valence-corrected chi connectivity index (χ3v) is 6.32. The van der Waals surface area contributed by atoms with E-state index in [1.807, 2.05) is 0 Å². The molecule has 4 N–H and O–H groups in total. The summed E-state index contributed by atoms with van der Waals surface area (Å²) in [6.45, 7) is 1.38. The molecule has 0 spiro atoms. The van der Waals surface area contributed by atoms with Crippen LogP contribution in [0.2, 0.25) is 0 Å². The van der Waals surface area contributed by atoms with Gasteiger partial charge in [0.05, 0.1) is 24.2 Å². The summed E-state index contributed by atoms with van der Waals surface area (Å²) in [5.41, 5.74) is 5.20. The minimum absolute atomic E-state index is 0.00866. The van der Waals surface area contributed by atoms with E-state index in [2.05, 4.69) is 20.2 Å². The molecule has 0 saturated carbocycles. The maximum atomic E-state index is 13.5. The van der Waals surface area contributed by atoms with Gasteiger partial charge in [-0.15, -0.1) is 13.2 Å². The number of pyridine rings is 1. The predicted molar refractivity (Wildman–Crippen MR) is 136 cm³/mol. The molecule has 208 valence electrons. The van der Waals surface area contributed by atoms with Crippen molar-refractivity contribution in [1.29, 1.82) is 0 Å². The quantitative estimate of drug-likeness (QED) is 0.323. The van der Waals surface area contributed by atoms with Crippen molar-refractivity contribution in [2.45, 2.75) is 25.0 Å². The molecule has 0 radical (unpaired) electrons. The first-order chi connectivity index (χ1) is 18.9. The second kappa shape index (κ2) is 10.1. The monoisotopic (exact) mass is 557 g/mol. The van der Waals surface area contributed by atoms with Crippen LogP contribution in [0.1, 0.15) is 6.92 Å². The van der Waals surface area contributed by atoms with E-state index in [1.165, 1.54) is 36.1 Å². The number of anilines is 3. The molecular weight excluding hydrogens is 535 g/mol. The maximum Gasteiger partial charge on any atom is 0.573 e. The van der Waals surface area contributed by atoms with Gasteiger partial charge in [0.2, 0.25) is 0 Å². The molecule has 2 aromatic carbocycles. The van der Waals surface area contributed by atoms with Gasteiger partial charge in [-0.25, -0.2) is 4.98 Å². The standard InChI is InChI=1S/C26H22F3N5O6/c1-25(21(35)23(36)31-15-7-10-17-19(13-15)40-33-22(17)30)24(37)34(11-12-38-25)20-4-2-3-18(32-20)14-5-8-16(9-6-14)39-26(27,28)29/h2-10,13,21,35H,11-12H2,1H3,(H2,30,33)(H,31,36)/t21-,25+/m0/s1. The molecule has 1 fully saturated rings. The molecule has 0 unspecified atom stereocenters. The maximum absolute atomic E-state index is 13.5. The number of hydrogen-bond acceptors (Lipinski definition) is 9. The van der Waals surface area contributed by atoms with Crippen LogP contribution in [0, 0.1) is 0 Å². The number of ether oxygens (including phenoxy) is 2. The van der Waals surface area contributed by atoms with Crippen LogP contribution in [-0.4, -0.2) is 58.3 Å². The second-order valence-corrected chi connectivity index (χ2v) is 9.04. The van der Waals surface area contributed by atoms with Gasteiger partial charge in [-0.05, 0) is 55.5 Å². The molecule has 0 aliphatic carbocycles. The fourth-order valence-corrected chi connectivity index (χ4v) is 4.25. The van der Waals surface area contributed by atoms with Gasteiger partial charge in [0.1, 0.15) is 11.6 Å². The summed E-state index contributed by atoms with van der Waals surface area (Å²) in [6.07, 6.45) is -6.72. The summed E-state index contributed by atoms with van der Waals surface area (Å²) in [5.74, 6) is -1.60. The number of halogens is 3. The highest BCUT2D eigenvalue weighted by Gasteiger charge is 2.50. The summed E-state index contributed by atoms with van der Waals surface area (Å²) < 4.78 is 52.0. The van der Waals surface area contributed by atoms with Gasteiger partial charge < -0.3 is 30.2 Å². The van der Waals surface area contributed by atoms with E-state index < -0.39 is 29.9 Å². The summed E-state index contributed by atoms with van der Waals surface area (Å²) in [5, 5.41) is 17.6. The van der Waals surface area contributed by atoms with Crippen molar-refractivity contribution in [3.63, 3.8) is 0 Å². The first-order valence-corrected chi connectivity index (χ1v) is 11.9. The lowest BCUT2D eigenvalue weighted by Crippen LogP contribution is -2.63. The Labute approximate surface area is 224 Å². The zero-order valence-electron chi connectivity index (χ0n) is 20.8. The lowest BCUT2D eigenvalue weighted by molar-refractivity contribution is -0.274. The second-order valence-electron chi connectivity index (χ2n) is 9.04. The predicted octanol–water partition coefficient (Wildman–Crippen LogP) is 3.49. The van der Waals surface area contributed by atoms with Crippen LogP contribution < -0.4 is 20.7 Å². The number of benzene rings is 2. The molecular formula is C26H22F3N5O6. The third-order valence-electron chi connectivity index (χ3n) is 6.32. The Morgan fingerprint density at radius 3 is 2.67 bits per heavy atom. The SMILES string of the molecule is C[C@]1([C@@H](O)C(=O)Nc2ccc3c(N)noc3c2)OCCN(c2cccc(-c3ccc(OC(F)(F)F)cc3)n2)C1=O. The highest BCUT2D eigenvalue weighted by molar-refractivity contribution is 6.06. The zero-order chi connectivity index (χ0) is 28.7. The number of nitrogens with two attached hydrogens (primary N) is 1. The molecule has 1 aliphatic heterocycles. The summed E-state index contributed by atoms with van der Waals surface area (Å²) >= 11 is 0. The highest BCUT2D eigenvalue weighted by atomic mass is 19.4. The number of aliphatic hydroxyl groups is 1. The fourth-order valence-electron chi connectivity index (χ4n) is 4.25. The van der Waals surface area contributed by atoms with Crippen molar-refractivity contribution in [2.24, 2.45) is 0 Å². The van der Waals surface area contributed by atoms with E-state index in [1.54, 1.807) is 24.3 Å². The first-order valence-electron chi connectivity index (χ1n) is 11.9. The first kappa shape index (κ1) is 26.9. The molecule has 40 heavy (non-hydrogen) atoms. The van der Waals surface area contributed by atoms with Crippen LogP contribution >= 0.6 is 0 Å². The van der Waals surface area contributed by atoms with E-state index >= 15 is 0 Å². The Morgan fingerprint density at radius 1 is 1.20 bits per heavy atom. The van der Waals surface area contributed by atoms with Crippen LogP contribution in [0.15, 0.2) is 65.2 Å². The molecule has 1 aliphatic rings. The minimum Gasteiger partial charge on any atom is -0.406 e. The number of nitrogen functional groups attached to an aromatic ring is 1. The smallest absolute Gasteiger partial charge is 0.406 e. The number of morpholine rings is 1. The molecule has 2 atom stereocenters. The number of hydrogen-bond donors (Lipinski definition) is 3. The van der Waals surface area contributed by atoms with E-state index in [-0.39, 0.29) is 36.2 Å². The number of fused-ring (bicyclic) bond motifs is 1. The highest BCUT2D eigenvalue weighted by Crippen LogP contribution is 2.31. The Bertz CT molecular complexity index is 1580. The number of carbonyl (C=O) groups is 2. The van der Waals surface area contributed by atoms with Crippen molar-refractivity contribution < 1.29 is 41.9 Å². The average Bonchev–Trinajstić information content (AvgIpc) is 3.29. The van der Waals surface area contributed by atoms with Gasteiger partial charge in [0.25, 0.3) is 11.8 Å². The van der Waals surface area contributed by atoms with Gasteiger partial charge in [0.15, 0.2) is 23.1 Å². The van der Waals surface area contributed by atoms with Gasteiger partial charge in [-0.3, -0.25) is 14.5 Å². The molecule has 14 heteroatoms. The number of rotatable bonds is 6. The number of aromatic nitrogens is 2. The minimum atomic E-state index is -4.82. The molecule has 0 bridgehead atoms. The van der Waals surface area contributed by atoms with Crippen molar-refractivity contribution in [2.75, 3.05) is 29.1 Å². The zero-order valence-corrected chi connectivity index (χ0v) is 20.8. The largest absolute Gasteiger partial charge is 0.573 e. The Kier molecular flexibility index (Phi) is 6.81. The van der Waals surface area contributed by atoms with Crippen LogP contribution in [-0.2, 0) is 14.3 Å².